The molecule has 1 unspecified atom stereocenters. The second kappa shape index (κ2) is 4.72. The van der Waals surface area contributed by atoms with Gasteiger partial charge in [-0.25, -0.2) is 4.99 Å². The minimum atomic E-state index is -1.57. The number of hydrogen-bond donors (Lipinski definition) is 0. The zero-order valence-corrected chi connectivity index (χ0v) is 10.2. The molecular formula is C7H5BrCl3NO. The van der Waals surface area contributed by atoms with Crippen molar-refractivity contribution < 1.29 is 4.74 Å². The average molecular weight is 305 g/mol. The number of ether oxygens (including phenoxy) is 1. The van der Waals surface area contributed by atoms with Crippen molar-refractivity contribution in [2.45, 2.75) is 9.83 Å². The first-order valence-corrected chi connectivity index (χ1v) is 5.38. The maximum absolute atomic E-state index is 5.56. The molecule has 0 saturated heterocycles. The van der Waals surface area contributed by atoms with Crippen LogP contribution in [0.25, 0.3) is 0 Å². The van der Waals surface area contributed by atoms with Gasteiger partial charge in [0.05, 0.1) is 0 Å². The second-order valence-electron chi connectivity index (χ2n) is 2.25. The molecule has 0 N–H and O–H groups in total. The molecule has 72 valence electrons. The molecule has 2 nitrogen and oxygen atoms in total. The molecule has 0 aromatic heterocycles. The van der Waals surface area contributed by atoms with E-state index in [0.717, 1.165) is 0 Å². The predicted molar refractivity (Wildman–Crippen MR) is 59.0 cm³/mol. The van der Waals surface area contributed by atoms with Gasteiger partial charge in [-0.15, -0.1) is 5.73 Å². The van der Waals surface area contributed by atoms with Crippen molar-refractivity contribution in [3.05, 3.63) is 16.8 Å². The Kier molecular flexibility index (Phi) is 4.14. The fourth-order valence-corrected chi connectivity index (χ4v) is 1.24. The van der Waals surface area contributed by atoms with Crippen LogP contribution in [0.15, 0.2) is 21.8 Å². The highest BCUT2D eigenvalue weighted by Crippen LogP contribution is 2.31. The summed E-state index contributed by atoms with van der Waals surface area (Å²) in [7, 11) is 0. The van der Waals surface area contributed by atoms with Crippen molar-refractivity contribution in [3.8, 4) is 0 Å². The quantitative estimate of drug-likeness (QED) is 0.538. The summed E-state index contributed by atoms with van der Waals surface area (Å²) in [6, 6.07) is -0.126. The van der Waals surface area contributed by atoms with Crippen LogP contribution in [0.4, 0.5) is 0 Å². The smallest absolute Gasteiger partial charge is 0.266 e. The van der Waals surface area contributed by atoms with Crippen LogP contribution in [-0.4, -0.2) is 22.3 Å². The van der Waals surface area contributed by atoms with Gasteiger partial charge in [-0.05, 0) is 6.08 Å². The molecule has 13 heavy (non-hydrogen) atoms. The van der Waals surface area contributed by atoms with Crippen LogP contribution >= 0.6 is 50.7 Å². The van der Waals surface area contributed by atoms with Crippen LogP contribution in [0, 0.1) is 0 Å². The summed E-state index contributed by atoms with van der Waals surface area (Å²) in [6.07, 6.45) is 1.72. The minimum absolute atomic E-state index is 0.126. The Morgan fingerprint density at radius 2 is 2.31 bits per heavy atom. The number of hydrogen-bond acceptors (Lipinski definition) is 2. The molecule has 1 heterocycles. The van der Waals surface area contributed by atoms with Gasteiger partial charge in [-0.1, -0.05) is 50.7 Å². The van der Waals surface area contributed by atoms with E-state index in [1.54, 1.807) is 11.1 Å². The highest BCUT2D eigenvalue weighted by Gasteiger charge is 2.34. The van der Waals surface area contributed by atoms with Crippen molar-refractivity contribution in [2.24, 2.45) is 4.99 Å². The molecule has 1 atom stereocenters. The second-order valence-corrected chi connectivity index (χ2v) is 4.99. The van der Waals surface area contributed by atoms with Crippen molar-refractivity contribution >= 4 is 56.6 Å². The molecule has 0 spiro atoms. The molecule has 0 aromatic rings. The Balaban J connectivity index is 2.69. The van der Waals surface area contributed by atoms with Gasteiger partial charge in [-0.2, -0.15) is 0 Å². The van der Waals surface area contributed by atoms with Gasteiger partial charge in [0, 0.05) is 4.99 Å². The van der Waals surface area contributed by atoms with Gasteiger partial charge in [0.25, 0.3) is 3.79 Å². The molecule has 0 aromatic carbocycles. The first-order chi connectivity index (χ1) is 6.04. The number of nitrogens with zero attached hydrogens (tertiary/aromatic N) is 1. The van der Waals surface area contributed by atoms with Crippen LogP contribution < -0.4 is 0 Å². The molecule has 1 aliphatic rings. The summed E-state index contributed by atoms with van der Waals surface area (Å²) < 4.78 is 3.51. The van der Waals surface area contributed by atoms with Gasteiger partial charge in [-0.3, -0.25) is 0 Å². The van der Waals surface area contributed by atoms with Crippen LogP contribution in [0.5, 0.6) is 0 Å². The topological polar surface area (TPSA) is 21.6 Å². The number of rotatable bonds is 1. The third kappa shape index (κ3) is 3.53. The third-order valence-corrected chi connectivity index (χ3v) is 2.02. The highest BCUT2D eigenvalue weighted by molar-refractivity contribution is 9.11. The molecule has 0 bridgehead atoms. The maximum Gasteiger partial charge on any atom is 0.266 e. The van der Waals surface area contributed by atoms with E-state index >= 15 is 0 Å². The van der Waals surface area contributed by atoms with Crippen LogP contribution in [0.1, 0.15) is 0 Å². The van der Waals surface area contributed by atoms with Gasteiger partial charge in [0.15, 0.2) is 0 Å². The molecule has 1 aliphatic heterocycles. The fourth-order valence-electron chi connectivity index (χ4n) is 0.777. The van der Waals surface area contributed by atoms with Gasteiger partial charge < -0.3 is 4.74 Å². The van der Waals surface area contributed by atoms with E-state index in [1.165, 1.54) is 0 Å². The lowest BCUT2D eigenvalue weighted by Crippen LogP contribution is -2.18. The number of alkyl halides is 3. The average Bonchev–Trinajstić information content (AvgIpc) is 2.47. The molecule has 0 amide bonds. The molecule has 0 saturated carbocycles. The summed E-state index contributed by atoms with van der Waals surface area (Å²) in [5.74, 6) is 0.134. The Hall–Kier alpha value is 0.340. The van der Waals surface area contributed by atoms with Crippen molar-refractivity contribution in [1.29, 1.82) is 0 Å². The normalized spacial score (nSPS) is 21.5. The highest BCUT2D eigenvalue weighted by atomic mass is 79.9. The fraction of sp³-hybridized carbons (Fsp3) is 0.429. The van der Waals surface area contributed by atoms with E-state index < -0.39 is 3.79 Å². The van der Waals surface area contributed by atoms with Crippen molar-refractivity contribution in [2.75, 3.05) is 6.61 Å². The predicted octanol–water partition coefficient (Wildman–Crippen LogP) is 3.22. The molecule has 1 rings (SSSR count). The zero-order chi connectivity index (χ0) is 9.90. The van der Waals surface area contributed by atoms with Crippen molar-refractivity contribution in [3.63, 3.8) is 0 Å². The lowest BCUT2D eigenvalue weighted by Gasteiger charge is -2.08. The molecule has 0 aliphatic carbocycles. The molecular weight excluding hydrogens is 300 g/mol. The van der Waals surface area contributed by atoms with E-state index in [4.69, 9.17) is 39.5 Å². The third-order valence-electron chi connectivity index (χ3n) is 1.27. The van der Waals surface area contributed by atoms with E-state index in [1.807, 2.05) is 0 Å². The Bertz CT molecular complexity index is 278. The largest absolute Gasteiger partial charge is 0.475 e. The molecule has 0 radical (unpaired) electrons. The summed E-state index contributed by atoms with van der Waals surface area (Å²) in [6.45, 7) is 0.386. The standard InChI is InChI=1S/C7H5BrCl3NO/c8-3-1-2-5-4-13-6(12-5)7(9,10)11/h2-3,5H,4H2. The maximum atomic E-state index is 5.56. The lowest BCUT2D eigenvalue weighted by molar-refractivity contribution is 0.326. The minimum Gasteiger partial charge on any atom is -0.475 e. The Labute approximate surface area is 99.3 Å². The summed E-state index contributed by atoms with van der Waals surface area (Å²) in [5, 5.41) is 0. The molecule has 0 fully saturated rings. The Morgan fingerprint density at radius 3 is 2.77 bits per heavy atom. The van der Waals surface area contributed by atoms with E-state index in [0.29, 0.717) is 6.61 Å². The summed E-state index contributed by atoms with van der Waals surface area (Å²) in [5.41, 5.74) is 2.81. The van der Waals surface area contributed by atoms with Crippen LogP contribution in [-0.2, 0) is 4.74 Å². The van der Waals surface area contributed by atoms with E-state index in [9.17, 15) is 0 Å². The Morgan fingerprint density at radius 1 is 1.62 bits per heavy atom. The van der Waals surface area contributed by atoms with E-state index in [-0.39, 0.29) is 11.9 Å². The lowest BCUT2D eigenvalue weighted by atomic mass is 10.3. The van der Waals surface area contributed by atoms with Crippen LogP contribution in [0.3, 0.4) is 0 Å². The molecule has 6 heteroatoms. The zero-order valence-electron chi connectivity index (χ0n) is 6.31. The number of halogens is 4. The van der Waals surface area contributed by atoms with Gasteiger partial charge >= 0.3 is 0 Å². The first-order valence-electron chi connectivity index (χ1n) is 3.33. The summed E-state index contributed by atoms with van der Waals surface area (Å²) >= 11 is 19.8. The van der Waals surface area contributed by atoms with Crippen molar-refractivity contribution in [1.82, 2.24) is 0 Å². The SMILES string of the molecule is ClC(Cl)(Cl)C1=NC(C=C=CBr)CO1. The first kappa shape index (κ1) is 11.4. The van der Waals surface area contributed by atoms with Gasteiger partial charge in [0.2, 0.25) is 5.90 Å². The van der Waals surface area contributed by atoms with Gasteiger partial charge in [0.1, 0.15) is 12.6 Å². The summed E-state index contributed by atoms with van der Waals surface area (Å²) in [4.78, 5) is 5.63. The van der Waals surface area contributed by atoms with Crippen LogP contribution in [0.2, 0.25) is 0 Å². The number of aliphatic imine (C=N–C) groups is 1. The van der Waals surface area contributed by atoms with E-state index in [2.05, 4.69) is 26.7 Å². The monoisotopic (exact) mass is 303 g/mol.